The number of rotatable bonds is 1. The molecule has 17 heavy (non-hydrogen) atoms. The van der Waals surface area contributed by atoms with Gasteiger partial charge in [0.05, 0.1) is 11.2 Å². The van der Waals surface area contributed by atoms with Crippen LogP contribution >= 0.6 is 0 Å². The highest BCUT2D eigenvalue weighted by Gasteiger charge is 2.15. The van der Waals surface area contributed by atoms with Crippen molar-refractivity contribution in [2.24, 2.45) is 16.1 Å². The molecule has 0 amide bonds. The molecular weight excluding hydrogens is 210 g/mol. The lowest BCUT2D eigenvalue weighted by molar-refractivity contribution is 0.585. The van der Waals surface area contributed by atoms with Gasteiger partial charge in [0.2, 0.25) is 0 Å². The fourth-order valence-electron chi connectivity index (χ4n) is 1.48. The van der Waals surface area contributed by atoms with Crippen molar-refractivity contribution in [3.63, 3.8) is 0 Å². The predicted octanol–water partition coefficient (Wildman–Crippen LogP) is 3.27. The molecule has 2 rings (SSSR count). The summed E-state index contributed by atoms with van der Waals surface area (Å²) in [5.41, 5.74) is 7.70. The van der Waals surface area contributed by atoms with Gasteiger partial charge in [-0.2, -0.15) is 0 Å². The predicted molar refractivity (Wildman–Crippen MR) is 72.5 cm³/mol. The van der Waals surface area contributed by atoms with Crippen LogP contribution in [-0.4, -0.2) is 10.8 Å². The zero-order valence-electron chi connectivity index (χ0n) is 10.4. The van der Waals surface area contributed by atoms with Crippen LogP contribution in [0.1, 0.15) is 20.8 Å². The van der Waals surface area contributed by atoms with Crippen LogP contribution in [-0.2, 0) is 0 Å². The van der Waals surface area contributed by atoms with Gasteiger partial charge < -0.3 is 5.73 Å². The highest BCUT2D eigenvalue weighted by Crippen LogP contribution is 2.26. The van der Waals surface area contributed by atoms with Crippen LogP contribution in [0.3, 0.4) is 0 Å². The number of aromatic nitrogens is 1. The molecule has 0 fully saturated rings. The average Bonchev–Trinajstić information content (AvgIpc) is 2.28. The third-order valence-electron chi connectivity index (χ3n) is 2.63. The summed E-state index contributed by atoms with van der Waals surface area (Å²) < 4.78 is 0. The number of pyridine rings is 1. The molecule has 0 saturated heterocycles. The quantitative estimate of drug-likeness (QED) is 0.600. The van der Waals surface area contributed by atoms with E-state index in [1.54, 1.807) is 6.20 Å². The first-order chi connectivity index (χ1) is 7.98. The first-order valence-corrected chi connectivity index (χ1v) is 5.67. The molecular formula is C14H17N3. The van der Waals surface area contributed by atoms with Crippen molar-refractivity contribution >= 4 is 22.4 Å². The lowest BCUT2D eigenvalue weighted by atomic mass is 9.95. The van der Waals surface area contributed by atoms with Gasteiger partial charge in [-0.25, -0.2) is 4.99 Å². The van der Waals surface area contributed by atoms with E-state index >= 15 is 0 Å². The van der Waals surface area contributed by atoms with Crippen molar-refractivity contribution in [1.29, 1.82) is 0 Å². The van der Waals surface area contributed by atoms with Gasteiger partial charge in [-0.1, -0.05) is 26.8 Å². The minimum absolute atomic E-state index is 0.121. The summed E-state index contributed by atoms with van der Waals surface area (Å²) in [5, 5.41) is 1.03. The summed E-state index contributed by atoms with van der Waals surface area (Å²) in [5.74, 6) is 0.633. The molecule has 0 bridgehead atoms. The van der Waals surface area contributed by atoms with Gasteiger partial charge in [0.25, 0.3) is 0 Å². The molecule has 3 nitrogen and oxygen atoms in total. The van der Waals surface area contributed by atoms with Crippen molar-refractivity contribution < 1.29 is 0 Å². The van der Waals surface area contributed by atoms with E-state index in [1.165, 1.54) is 0 Å². The van der Waals surface area contributed by atoms with Crippen molar-refractivity contribution in [3.8, 4) is 0 Å². The number of aliphatic imine (C=N–C) groups is 1. The van der Waals surface area contributed by atoms with Gasteiger partial charge in [-0.05, 0) is 24.3 Å². The van der Waals surface area contributed by atoms with E-state index in [0.717, 1.165) is 16.6 Å². The first-order valence-electron chi connectivity index (χ1n) is 5.67. The summed E-state index contributed by atoms with van der Waals surface area (Å²) >= 11 is 0. The summed E-state index contributed by atoms with van der Waals surface area (Å²) in [6.45, 7) is 6.15. The van der Waals surface area contributed by atoms with Crippen LogP contribution in [0.15, 0.2) is 41.5 Å². The molecule has 0 saturated carbocycles. The van der Waals surface area contributed by atoms with E-state index in [4.69, 9.17) is 5.73 Å². The summed E-state index contributed by atoms with van der Waals surface area (Å²) in [6.07, 6.45) is 1.78. The number of hydrogen-bond acceptors (Lipinski definition) is 2. The Morgan fingerprint density at radius 2 is 1.94 bits per heavy atom. The fraction of sp³-hybridized carbons (Fsp3) is 0.286. The highest BCUT2D eigenvalue weighted by atomic mass is 14.9. The molecule has 2 N–H and O–H groups in total. The Bertz CT molecular complexity index is 560. The third-order valence-corrected chi connectivity index (χ3v) is 2.63. The second-order valence-corrected chi connectivity index (χ2v) is 5.09. The zero-order valence-corrected chi connectivity index (χ0v) is 10.4. The number of amidine groups is 1. The molecule has 0 atom stereocenters. The van der Waals surface area contributed by atoms with Crippen LogP contribution in [0.5, 0.6) is 0 Å². The van der Waals surface area contributed by atoms with Crippen molar-refractivity contribution in [2.75, 3.05) is 0 Å². The van der Waals surface area contributed by atoms with Crippen LogP contribution in [0.25, 0.3) is 10.9 Å². The minimum atomic E-state index is -0.121. The molecule has 0 aliphatic carbocycles. The molecule has 1 aromatic carbocycles. The Morgan fingerprint density at radius 3 is 2.65 bits per heavy atom. The Labute approximate surface area is 101 Å². The van der Waals surface area contributed by atoms with E-state index < -0.39 is 0 Å². The molecule has 0 radical (unpaired) electrons. The molecule has 3 heteroatoms. The van der Waals surface area contributed by atoms with E-state index in [0.29, 0.717) is 5.84 Å². The summed E-state index contributed by atoms with van der Waals surface area (Å²) in [4.78, 5) is 8.81. The van der Waals surface area contributed by atoms with Gasteiger partial charge in [-0.15, -0.1) is 0 Å². The zero-order chi connectivity index (χ0) is 12.5. The normalized spacial score (nSPS) is 13.0. The van der Waals surface area contributed by atoms with Crippen molar-refractivity contribution in [2.45, 2.75) is 20.8 Å². The largest absolute Gasteiger partial charge is 0.387 e. The van der Waals surface area contributed by atoms with E-state index in [-0.39, 0.29) is 5.41 Å². The second kappa shape index (κ2) is 4.17. The monoisotopic (exact) mass is 227 g/mol. The number of benzene rings is 1. The number of hydrogen-bond donors (Lipinski definition) is 1. The Hall–Kier alpha value is -1.90. The summed E-state index contributed by atoms with van der Waals surface area (Å²) in [6, 6.07) is 9.81. The molecule has 0 spiro atoms. The van der Waals surface area contributed by atoms with Crippen LogP contribution in [0.4, 0.5) is 5.69 Å². The van der Waals surface area contributed by atoms with Crippen LogP contribution < -0.4 is 5.73 Å². The molecule has 88 valence electrons. The van der Waals surface area contributed by atoms with Crippen molar-refractivity contribution in [3.05, 3.63) is 36.5 Å². The SMILES string of the molecule is CC(C)(C)C(N)=Nc1cccc2ncccc12. The molecule has 2 aromatic rings. The lowest BCUT2D eigenvalue weighted by Crippen LogP contribution is -2.28. The smallest absolute Gasteiger partial charge is 0.105 e. The van der Waals surface area contributed by atoms with Gasteiger partial charge in [-0.3, -0.25) is 4.98 Å². The standard InChI is InChI=1S/C14H17N3/c1-14(2,3)13(15)17-12-8-4-7-11-10(12)6-5-9-16-11/h4-9H,1-3H3,(H2,15,17). The minimum Gasteiger partial charge on any atom is -0.387 e. The molecule has 0 aliphatic rings. The number of nitrogens with zero attached hydrogens (tertiary/aromatic N) is 2. The maximum absolute atomic E-state index is 6.00. The first kappa shape index (κ1) is 11.6. The Morgan fingerprint density at radius 1 is 1.18 bits per heavy atom. The molecule has 1 heterocycles. The van der Waals surface area contributed by atoms with Gasteiger partial charge in [0, 0.05) is 17.0 Å². The summed E-state index contributed by atoms with van der Waals surface area (Å²) in [7, 11) is 0. The maximum Gasteiger partial charge on any atom is 0.105 e. The van der Waals surface area contributed by atoms with E-state index in [9.17, 15) is 0 Å². The molecule has 1 aromatic heterocycles. The lowest BCUT2D eigenvalue weighted by Gasteiger charge is -2.17. The van der Waals surface area contributed by atoms with E-state index in [2.05, 4.69) is 30.7 Å². The Kier molecular flexibility index (Phi) is 2.84. The maximum atomic E-state index is 6.00. The Balaban J connectivity index is 2.57. The van der Waals surface area contributed by atoms with Crippen LogP contribution in [0, 0.1) is 5.41 Å². The molecule has 0 aliphatic heterocycles. The fourth-order valence-corrected chi connectivity index (χ4v) is 1.48. The second-order valence-electron chi connectivity index (χ2n) is 5.09. The van der Waals surface area contributed by atoms with Crippen LogP contribution in [0.2, 0.25) is 0 Å². The highest BCUT2D eigenvalue weighted by molar-refractivity contribution is 5.95. The van der Waals surface area contributed by atoms with Gasteiger partial charge >= 0.3 is 0 Å². The number of fused-ring (bicyclic) bond motifs is 1. The third kappa shape index (κ3) is 2.44. The van der Waals surface area contributed by atoms with Crippen molar-refractivity contribution in [1.82, 2.24) is 4.98 Å². The topological polar surface area (TPSA) is 51.3 Å². The average molecular weight is 227 g/mol. The van der Waals surface area contributed by atoms with E-state index in [1.807, 2.05) is 30.3 Å². The van der Waals surface area contributed by atoms with Gasteiger partial charge in [0.1, 0.15) is 5.84 Å². The number of nitrogens with two attached hydrogens (primary N) is 1. The molecule has 0 unspecified atom stereocenters. The van der Waals surface area contributed by atoms with Gasteiger partial charge in [0.15, 0.2) is 0 Å².